The zero-order valence-electron chi connectivity index (χ0n) is 19.0. The molecule has 1 N–H and O–H groups in total. The molecule has 1 saturated carbocycles. The van der Waals surface area contributed by atoms with Crippen LogP contribution in [0, 0.1) is 17.0 Å². The van der Waals surface area contributed by atoms with E-state index < -0.39 is 15.9 Å². The number of hydrogen-bond acceptors (Lipinski definition) is 6. The normalized spacial score (nSPS) is 19.9. The number of amides is 1. The zero-order chi connectivity index (χ0) is 23.4. The fourth-order valence-electron chi connectivity index (χ4n) is 4.40. The van der Waals surface area contributed by atoms with E-state index in [0.717, 1.165) is 10.0 Å². The molecule has 0 atom stereocenters. The summed E-state index contributed by atoms with van der Waals surface area (Å²) in [5.74, 6) is 0.275. The molecule has 11 heteroatoms. The van der Waals surface area contributed by atoms with Crippen LogP contribution in [0.5, 0.6) is 11.5 Å². The van der Waals surface area contributed by atoms with Crippen LogP contribution in [-0.4, -0.2) is 38.4 Å². The van der Waals surface area contributed by atoms with Crippen molar-refractivity contribution in [1.29, 1.82) is 0 Å². The predicted molar refractivity (Wildman–Crippen MR) is 126 cm³/mol. The zero-order valence-corrected chi connectivity index (χ0v) is 23.4. The fraction of sp³-hybridized carbons (Fsp3) is 0.435. The van der Waals surface area contributed by atoms with E-state index in [1.807, 2.05) is 24.3 Å². The Morgan fingerprint density at radius 3 is 2.44 bits per heavy atom. The summed E-state index contributed by atoms with van der Waals surface area (Å²) in [5, 5.41) is 10.7. The first kappa shape index (κ1) is 27.4. The molecule has 0 spiro atoms. The third-order valence-electron chi connectivity index (χ3n) is 6.18. The van der Waals surface area contributed by atoms with Gasteiger partial charge in [0, 0.05) is 29.5 Å². The van der Waals surface area contributed by atoms with Gasteiger partial charge in [-0.2, -0.15) is 4.31 Å². The monoisotopic (exact) mass is 560 g/mol. The summed E-state index contributed by atoms with van der Waals surface area (Å²) in [4.78, 5) is 11.8. The summed E-state index contributed by atoms with van der Waals surface area (Å²) in [5.41, 5.74) is 2.34. The summed E-state index contributed by atoms with van der Waals surface area (Å²) in [7, 11) is -3.83. The first-order valence-corrected chi connectivity index (χ1v) is 13.2. The number of ether oxygens (including phenoxy) is 2. The van der Waals surface area contributed by atoms with Crippen molar-refractivity contribution < 1.29 is 52.2 Å². The molecular formula is C23H26BrN2NaO6S. The van der Waals surface area contributed by atoms with Crippen LogP contribution in [0.25, 0.3) is 0 Å². The van der Waals surface area contributed by atoms with E-state index in [4.69, 9.17) is 9.47 Å². The molecule has 0 radical (unpaired) electrons. The topological polar surface area (TPSA) is 108 Å². The first-order valence-electron chi connectivity index (χ1n) is 10.9. The van der Waals surface area contributed by atoms with Crippen molar-refractivity contribution in [3.05, 3.63) is 57.7 Å². The van der Waals surface area contributed by atoms with E-state index in [2.05, 4.69) is 15.9 Å². The molecule has 2 aromatic carbocycles. The second-order valence-corrected chi connectivity index (χ2v) is 11.3. The van der Waals surface area contributed by atoms with E-state index >= 15 is 0 Å². The van der Waals surface area contributed by atoms with E-state index in [9.17, 15) is 18.4 Å². The van der Waals surface area contributed by atoms with Crippen LogP contribution in [0.1, 0.15) is 31.2 Å². The van der Waals surface area contributed by atoms with E-state index in [-0.39, 0.29) is 52.8 Å². The average Bonchev–Trinajstić information content (AvgIpc) is 2.83. The largest absolute Gasteiger partial charge is 1.00 e. The first-order chi connectivity index (χ1) is 15.9. The van der Waals surface area contributed by atoms with Gasteiger partial charge in [0.25, 0.3) is 0 Å². The van der Waals surface area contributed by atoms with Crippen LogP contribution in [-0.2, 0) is 21.4 Å². The minimum Gasteiger partial charge on any atom is -0.759 e. The molecule has 1 fully saturated rings. The maximum absolute atomic E-state index is 13.7. The molecule has 0 saturated heterocycles. The van der Waals surface area contributed by atoms with Gasteiger partial charge in [-0.25, -0.2) is 8.42 Å². The Bertz CT molecular complexity index is 1110. The number of sulfonamides is 1. The maximum Gasteiger partial charge on any atom is 1.00 e. The van der Waals surface area contributed by atoms with Crippen LogP contribution in [0.4, 0.5) is 0 Å². The van der Waals surface area contributed by atoms with Gasteiger partial charge in [0.15, 0.2) is 11.5 Å². The molecule has 0 bridgehead atoms. The maximum atomic E-state index is 13.7. The number of nitrogens with zero attached hydrogens (tertiary/aromatic N) is 1. The number of benzene rings is 2. The van der Waals surface area contributed by atoms with Crippen LogP contribution in [0.2, 0.25) is 0 Å². The summed E-state index contributed by atoms with van der Waals surface area (Å²) in [6.07, 6.45) is 2.52. The minimum absolute atomic E-state index is 0. The molecule has 2 aliphatic rings. The summed E-state index contributed by atoms with van der Waals surface area (Å²) < 4.78 is 40.9. The van der Waals surface area contributed by atoms with Crippen molar-refractivity contribution in [2.24, 2.45) is 11.8 Å². The van der Waals surface area contributed by atoms with Gasteiger partial charge in [-0.3, -0.25) is 4.79 Å². The summed E-state index contributed by atoms with van der Waals surface area (Å²) >= 11 is 3.45. The smallest absolute Gasteiger partial charge is 0.759 e. The van der Waals surface area contributed by atoms with Gasteiger partial charge in [-0.1, -0.05) is 28.1 Å². The van der Waals surface area contributed by atoms with E-state index in [1.165, 1.54) is 15.9 Å². The van der Waals surface area contributed by atoms with Crippen molar-refractivity contribution in [1.82, 2.24) is 9.79 Å². The van der Waals surface area contributed by atoms with Crippen LogP contribution in [0.3, 0.4) is 0 Å². The number of carbonyl (C=O) groups is 1. The molecule has 0 unspecified atom stereocenters. The second-order valence-electron chi connectivity index (χ2n) is 8.42. The third kappa shape index (κ3) is 6.54. The van der Waals surface area contributed by atoms with Gasteiger partial charge in [0.1, 0.15) is 13.2 Å². The number of hydrogen-bond donors (Lipinski definition) is 1. The third-order valence-corrected chi connectivity index (χ3v) is 8.48. The Kier molecular flexibility index (Phi) is 9.85. The summed E-state index contributed by atoms with van der Waals surface area (Å²) in [6.45, 7) is 1.35. The van der Waals surface area contributed by atoms with Crippen molar-refractivity contribution >= 4 is 31.9 Å². The van der Waals surface area contributed by atoms with E-state index in [0.29, 0.717) is 56.9 Å². The van der Waals surface area contributed by atoms with Gasteiger partial charge in [0.2, 0.25) is 15.9 Å². The van der Waals surface area contributed by atoms with Gasteiger partial charge >= 0.3 is 29.6 Å². The molecule has 1 aliphatic heterocycles. The molecule has 8 nitrogen and oxygen atoms in total. The quantitative estimate of drug-likeness (QED) is 0.397. The minimum atomic E-state index is -3.83. The molecule has 1 heterocycles. The predicted octanol–water partition coefficient (Wildman–Crippen LogP) is 0.836. The number of halogens is 1. The van der Waals surface area contributed by atoms with Crippen LogP contribution < -0.4 is 44.5 Å². The van der Waals surface area contributed by atoms with Crippen molar-refractivity contribution in [3.8, 4) is 11.5 Å². The SMILES string of the molecule is O=C(N[O-])C1CCC(CN(Cc2cccc(Br)c2)S(=O)(=O)c2ccc3c(c2)OCCO3)CC1.[Na+]. The molecule has 4 rings (SSSR count). The number of hydroxylamine groups is 1. The number of rotatable bonds is 7. The molecule has 0 aromatic heterocycles. The molecular weight excluding hydrogens is 535 g/mol. The molecule has 178 valence electrons. The van der Waals surface area contributed by atoms with Crippen molar-refractivity contribution in [2.75, 3.05) is 19.8 Å². The summed E-state index contributed by atoms with van der Waals surface area (Å²) in [6, 6.07) is 12.3. The average molecular weight is 561 g/mol. The Balaban J connectivity index is 0.00000324. The fourth-order valence-corrected chi connectivity index (χ4v) is 6.37. The van der Waals surface area contributed by atoms with Crippen molar-refractivity contribution in [3.63, 3.8) is 0 Å². The number of fused-ring (bicyclic) bond motifs is 1. The van der Waals surface area contributed by atoms with Gasteiger partial charge in [-0.05, 0) is 61.4 Å². The molecule has 2 aromatic rings. The number of nitrogens with one attached hydrogen (secondary N) is 1. The molecule has 1 amide bonds. The Morgan fingerprint density at radius 2 is 1.76 bits per heavy atom. The van der Waals surface area contributed by atoms with Crippen LogP contribution >= 0.6 is 15.9 Å². The second kappa shape index (κ2) is 12.2. The Hall–Kier alpha value is -1.14. The van der Waals surface area contributed by atoms with Crippen LogP contribution in [0.15, 0.2) is 51.8 Å². The van der Waals surface area contributed by atoms with Gasteiger partial charge in [0.05, 0.1) is 4.90 Å². The molecule has 34 heavy (non-hydrogen) atoms. The van der Waals surface area contributed by atoms with Crippen molar-refractivity contribution in [2.45, 2.75) is 37.1 Å². The molecule has 1 aliphatic carbocycles. The van der Waals surface area contributed by atoms with Gasteiger partial charge in [-0.15, -0.1) is 0 Å². The standard InChI is InChI=1S/C23H26BrN2O6S.Na/c24-19-3-1-2-17(12-19)15-26(14-16-4-6-18(7-5-16)23(27)25-28)33(29,30)20-8-9-21-22(13-20)32-11-10-31-21;/h1-3,8-9,12-13,16,18H,4-7,10-11,14-15H2,(H-,25,27,28);/q-1;+1. The van der Waals surface area contributed by atoms with E-state index in [1.54, 1.807) is 12.1 Å². The number of carbonyl (C=O) groups excluding carboxylic acids is 1. The Morgan fingerprint density at radius 1 is 1.06 bits per heavy atom. The Labute approximate surface area is 230 Å². The van der Waals surface area contributed by atoms with Gasteiger partial charge < -0.3 is 20.2 Å².